The van der Waals surface area contributed by atoms with Crippen molar-refractivity contribution in [1.29, 1.82) is 0 Å². The molecule has 0 spiro atoms. The van der Waals surface area contributed by atoms with E-state index >= 15 is 4.79 Å². The molecule has 11 nitrogen and oxygen atoms in total. The summed E-state index contributed by atoms with van der Waals surface area (Å²) in [5, 5.41) is 13.1. The van der Waals surface area contributed by atoms with E-state index in [1.54, 1.807) is 40.7 Å². The summed E-state index contributed by atoms with van der Waals surface area (Å²) in [5.41, 5.74) is -6.06. The fraction of sp³-hybridized carbons (Fsp3) is 0.686. The number of carbonyl (C=O) groups excluding carboxylic acids is 5. The second-order valence-corrected chi connectivity index (χ2v) is 15.3. The fourth-order valence-electron chi connectivity index (χ4n) is 10.1. The van der Waals surface area contributed by atoms with Crippen molar-refractivity contribution < 1.29 is 52.4 Å². The van der Waals surface area contributed by atoms with Gasteiger partial charge in [-0.15, -0.1) is 0 Å². The molecular weight excluding hydrogens is 596 g/mol. The first-order valence-electron chi connectivity index (χ1n) is 16.2. The molecule has 11 heteroatoms. The van der Waals surface area contributed by atoms with Gasteiger partial charge in [0, 0.05) is 40.2 Å². The van der Waals surface area contributed by atoms with Gasteiger partial charge in [0.15, 0.2) is 11.4 Å². The van der Waals surface area contributed by atoms with E-state index in [9.17, 15) is 24.3 Å². The van der Waals surface area contributed by atoms with E-state index in [-0.39, 0.29) is 24.8 Å². The number of ketones is 1. The fourth-order valence-corrected chi connectivity index (χ4v) is 10.1. The van der Waals surface area contributed by atoms with Crippen LogP contribution in [0.5, 0.6) is 0 Å². The summed E-state index contributed by atoms with van der Waals surface area (Å²) in [6.07, 6.45) is 1.42. The molecule has 0 radical (unpaired) electrons. The Labute approximate surface area is 268 Å². The Morgan fingerprint density at radius 1 is 1.07 bits per heavy atom. The van der Waals surface area contributed by atoms with Crippen molar-refractivity contribution in [2.24, 2.45) is 39.9 Å². The molecule has 2 heterocycles. The molecule has 5 aliphatic rings. The van der Waals surface area contributed by atoms with Crippen LogP contribution in [0.3, 0.4) is 0 Å². The number of hydrogen-bond donors (Lipinski definition) is 1. The molecule has 1 aliphatic heterocycles. The minimum absolute atomic E-state index is 0.00896. The van der Waals surface area contributed by atoms with Gasteiger partial charge in [-0.05, 0) is 36.3 Å². The average molecular weight is 641 g/mol. The normalized spacial score (nSPS) is 40.8. The van der Waals surface area contributed by atoms with Crippen molar-refractivity contribution >= 4 is 29.7 Å². The molecule has 2 bridgehead atoms. The summed E-state index contributed by atoms with van der Waals surface area (Å²) in [6.45, 7) is 12.2. The second-order valence-electron chi connectivity index (χ2n) is 15.3. The molecule has 1 aromatic rings. The Bertz CT molecular complexity index is 1540. The van der Waals surface area contributed by atoms with Crippen LogP contribution in [0.4, 0.5) is 0 Å². The summed E-state index contributed by atoms with van der Waals surface area (Å²) < 4.78 is 28.9. The van der Waals surface area contributed by atoms with E-state index in [1.165, 1.54) is 19.6 Å². The minimum Gasteiger partial charge on any atom is -0.472 e. The molecule has 1 saturated heterocycles. The highest BCUT2D eigenvalue weighted by molar-refractivity contribution is 6.08. The van der Waals surface area contributed by atoms with Crippen LogP contribution in [0.1, 0.15) is 92.2 Å². The maximum Gasteiger partial charge on any atom is 0.310 e. The number of ether oxygens (including phenoxy) is 4. The highest BCUT2D eigenvalue weighted by atomic mass is 16.6. The molecule has 4 aliphatic carbocycles. The minimum atomic E-state index is -2.50. The van der Waals surface area contributed by atoms with Gasteiger partial charge in [-0.25, -0.2) is 0 Å². The van der Waals surface area contributed by atoms with E-state index in [2.05, 4.69) is 0 Å². The number of methoxy groups -OCH3 is 1. The van der Waals surface area contributed by atoms with Crippen LogP contribution in [0, 0.1) is 39.9 Å². The predicted octanol–water partition coefficient (Wildman–Crippen LogP) is 4.41. The first kappa shape index (κ1) is 32.5. The number of aliphatic hydroxyl groups is 1. The Morgan fingerprint density at radius 2 is 1.74 bits per heavy atom. The van der Waals surface area contributed by atoms with Crippen LogP contribution in [0.25, 0.3) is 0 Å². The van der Waals surface area contributed by atoms with Gasteiger partial charge in [0.1, 0.15) is 12.2 Å². The van der Waals surface area contributed by atoms with Gasteiger partial charge in [-0.1, -0.05) is 48.5 Å². The number of cyclic esters (lactones) is 1. The summed E-state index contributed by atoms with van der Waals surface area (Å²) in [6, 6.07) is 1.72. The number of esters is 4. The molecule has 1 aromatic heterocycles. The SMILES string of the molecule is COC(=O)C[C@H]1[C@]2(C)C[C@@]3(OC(=O)C(C)C)[C@]1(C)[C@H]1CC[C@]4(C)C(=C1C(=O)[C@@]3(O)[C@H]2OC(=O)C(C)C)CC(=O)O[C@H]4c1ccoc1. The molecule has 4 fully saturated rings. The van der Waals surface area contributed by atoms with Crippen molar-refractivity contribution in [1.82, 2.24) is 0 Å². The van der Waals surface area contributed by atoms with E-state index in [1.807, 2.05) is 13.8 Å². The lowest BCUT2D eigenvalue weighted by molar-refractivity contribution is -0.280. The smallest absolute Gasteiger partial charge is 0.310 e. The number of rotatable bonds is 7. The van der Waals surface area contributed by atoms with Crippen LogP contribution in [0.2, 0.25) is 0 Å². The zero-order valence-electron chi connectivity index (χ0n) is 27.8. The average Bonchev–Trinajstić information content (AvgIpc) is 3.64. The Hall–Kier alpha value is -3.47. The Morgan fingerprint density at radius 3 is 2.33 bits per heavy atom. The molecule has 46 heavy (non-hydrogen) atoms. The van der Waals surface area contributed by atoms with Gasteiger partial charge in [0.05, 0.1) is 37.9 Å². The summed E-state index contributed by atoms with van der Waals surface area (Å²) >= 11 is 0. The van der Waals surface area contributed by atoms with Gasteiger partial charge in [0.2, 0.25) is 5.60 Å². The molecule has 0 aromatic carbocycles. The Balaban J connectivity index is 1.65. The topological polar surface area (TPSA) is 156 Å². The number of furan rings is 1. The highest BCUT2D eigenvalue weighted by Gasteiger charge is 2.92. The van der Waals surface area contributed by atoms with Gasteiger partial charge in [-0.2, -0.15) is 0 Å². The number of fused-ring (bicyclic) bond motifs is 4. The summed E-state index contributed by atoms with van der Waals surface area (Å²) in [4.78, 5) is 68.4. The molecule has 0 unspecified atom stereocenters. The highest BCUT2D eigenvalue weighted by Crippen LogP contribution is 2.81. The number of hydrogen-bond acceptors (Lipinski definition) is 11. The van der Waals surface area contributed by atoms with Crippen LogP contribution < -0.4 is 0 Å². The van der Waals surface area contributed by atoms with E-state index in [0.717, 1.165) is 0 Å². The van der Waals surface area contributed by atoms with Crippen molar-refractivity contribution in [2.45, 2.75) is 104 Å². The third kappa shape index (κ3) is 3.83. The van der Waals surface area contributed by atoms with Crippen molar-refractivity contribution in [3.05, 3.63) is 35.3 Å². The zero-order valence-corrected chi connectivity index (χ0v) is 27.8. The molecule has 0 amide bonds. The van der Waals surface area contributed by atoms with Crippen LogP contribution >= 0.6 is 0 Å². The van der Waals surface area contributed by atoms with Crippen LogP contribution in [-0.4, -0.2) is 59.2 Å². The van der Waals surface area contributed by atoms with Gasteiger partial charge < -0.3 is 28.5 Å². The quantitative estimate of drug-likeness (QED) is 0.333. The second kappa shape index (κ2) is 10.3. The van der Waals surface area contributed by atoms with E-state index < -0.39 is 93.0 Å². The van der Waals surface area contributed by atoms with Crippen molar-refractivity contribution in [3.63, 3.8) is 0 Å². The van der Waals surface area contributed by atoms with E-state index in [4.69, 9.17) is 23.4 Å². The maximum atomic E-state index is 15.3. The monoisotopic (exact) mass is 640 g/mol. The molecule has 6 rings (SSSR count). The lowest BCUT2D eigenvalue weighted by Crippen LogP contribution is -2.79. The third-order valence-corrected chi connectivity index (χ3v) is 12.3. The van der Waals surface area contributed by atoms with E-state index in [0.29, 0.717) is 24.0 Å². The molecule has 250 valence electrons. The first-order chi connectivity index (χ1) is 21.4. The first-order valence-corrected chi connectivity index (χ1v) is 16.2. The number of carbonyl (C=O) groups is 5. The Kier molecular flexibility index (Phi) is 7.24. The molecule has 3 saturated carbocycles. The van der Waals surface area contributed by atoms with Crippen molar-refractivity contribution in [2.75, 3.05) is 7.11 Å². The van der Waals surface area contributed by atoms with Gasteiger partial charge in [-0.3, -0.25) is 24.0 Å². The standard InChI is InChI=1S/C35H44O11/c1-17(2)28(39)45-30-32(6)16-34(46-29(40)18(3)4)33(7,22(32)14-23(36)42-8)20-9-11-31(5)21(25(20)26(38)35(30,34)41)13-24(37)44-27(31)19-10-12-43-15-19/h10,12,15,17-18,20,22,27,30,41H,9,11,13-14,16H2,1-8H3/t20-,22-,27-,30-,31+,32-,33+,34+,35+/m0/s1. The molecular formula is C35H44O11. The third-order valence-electron chi connectivity index (χ3n) is 12.3. The lowest BCUT2D eigenvalue weighted by Gasteiger charge is -2.66. The van der Waals surface area contributed by atoms with Crippen molar-refractivity contribution in [3.8, 4) is 0 Å². The maximum absolute atomic E-state index is 15.3. The van der Waals surface area contributed by atoms with Gasteiger partial charge >= 0.3 is 23.9 Å². The summed E-state index contributed by atoms with van der Waals surface area (Å²) in [5.74, 6) is -5.46. The predicted molar refractivity (Wildman–Crippen MR) is 159 cm³/mol. The van der Waals surface area contributed by atoms with Crippen LogP contribution in [-0.2, 0) is 42.9 Å². The largest absolute Gasteiger partial charge is 0.472 e. The zero-order chi connectivity index (χ0) is 33.8. The summed E-state index contributed by atoms with van der Waals surface area (Å²) in [7, 11) is 1.29. The number of Topliss-reactive ketones (excluding diaryl/α,β-unsaturated/α-hetero) is 1. The molecule has 1 N–H and O–H groups in total. The van der Waals surface area contributed by atoms with Gasteiger partial charge in [0.25, 0.3) is 0 Å². The lowest BCUT2D eigenvalue weighted by atomic mass is 9.41. The molecule has 9 atom stereocenters. The van der Waals surface area contributed by atoms with Crippen LogP contribution in [0.15, 0.2) is 34.2 Å².